The van der Waals surface area contributed by atoms with Gasteiger partial charge in [0.25, 0.3) is 0 Å². The predicted octanol–water partition coefficient (Wildman–Crippen LogP) is 9.89. The lowest BCUT2D eigenvalue weighted by Crippen LogP contribution is -1.91. The van der Waals surface area contributed by atoms with Crippen LogP contribution in [0.4, 0.5) is 0 Å². The molecule has 0 amide bonds. The summed E-state index contributed by atoms with van der Waals surface area (Å²) in [5, 5.41) is 0. The molecule has 2 aliphatic heterocycles. The second-order valence-electron chi connectivity index (χ2n) is 12.2. The second-order valence-corrected chi connectivity index (χ2v) is 12.2. The summed E-state index contributed by atoms with van der Waals surface area (Å²) in [4.78, 5) is 29.5. The number of rotatable bonds is 8. The monoisotopic (exact) mass is 682 g/mol. The number of methoxy groups -OCH3 is 3. The van der Waals surface area contributed by atoms with Crippen molar-refractivity contribution in [1.82, 2.24) is 19.9 Å². The Kier molecular flexibility index (Phi) is 8.55. The van der Waals surface area contributed by atoms with Gasteiger partial charge in [-0.1, -0.05) is 36.4 Å². The van der Waals surface area contributed by atoms with Crippen molar-refractivity contribution >= 4 is 58.7 Å². The Morgan fingerprint density at radius 1 is 0.500 bits per heavy atom. The molecule has 2 N–H and O–H groups in total. The maximum absolute atomic E-state index is 11.6. The van der Waals surface area contributed by atoms with Crippen molar-refractivity contribution in [2.45, 2.75) is 0 Å². The van der Waals surface area contributed by atoms with Gasteiger partial charge in [0.1, 0.15) is 23.5 Å². The van der Waals surface area contributed by atoms with Crippen LogP contribution >= 0.6 is 0 Å². The van der Waals surface area contributed by atoms with Crippen molar-refractivity contribution < 1.29 is 19.0 Å². The van der Waals surface area contributed by atoms with Crippen LogP contribution in [0.3, 0.4) is 0 Å². The number of carbonyl (C=O) groups is 1. The molecule has 0 saturated heterocycles. The van der Waals surface area contributed by atoms with Gasteiger partial charge in [-0.15, -0.1) is 0 Å². The molecule has 3 aromatic heterocycles. The molecule has 0 atom stereocenters. The van der Waals surface area contributed by atoms with E-state index in [1.54, 1.807) is 27.4 Å². The Balaban J connectivity index is 1.56. The molecular formula is C44H34N4O4. The van der Waals surface area contributed by atoms with Gasteiger partial charge < -0.3 is 24.2 Å². The van der Waals surface area contributed by atoms with Crippen LogP contribution < -0.4 is 14.2 Å². The lowest BCUT2D eigenvalue weighted by molar-refractivity contribution is -0.104. The number of aromatic amines is 2. The normalized spacial score (nSPS) is 12.0. The lowest BCUT2D eigenvalue weighted by Gasteiger charge is -2.08. The Hall–Kier alpha value is -6.93. The van der Waals surface area contributed by atoms with E-state index in [1.165, 1.54) is 6.08 Å². The first-order valence-electron chi connectivity index (χ1n) is 16.8. The summed E-state index contributed by atoms with van der Waals surface area (Å²) < 4.78 is 16.9. The zero-order chi connectivity index (χ0) is 35.6. The summed E-state index contributed by atoms with van der Waals surface area (Å²) >= 11 is 0. The van der Waals surface area contributed by atoms with E-state index in [0.717, 1.165) is 102 Å². The van der Waals surface area contributed by atoms with Crippen LogP contribution in [0.15, 0.2) is 103 Å². The maximum Gasteiger partial charge on any atom is 0.142 e. The Labute approximate surface area is 300 Å². The van der Waals surface area contributed by atoms with Gasteiger partial charge in [-0.25, -0.2) is 9.97 Å². The van der Waals surface area contributed by atoms with Gasteiger partial charge in [-0.2, -0.15) is 0 Å². The van der Waals surface area contributed by atoms with Crippen molar-refractivity contribution in [3.8, 4) is 50.6 Å². The zero-order valence-corrected chi connectivity index (χ0v) is 28.8. The number of ether oxygens (including phenoxy) is 3. The smallest absolute Gasteiger partial charge is 0.142 e. The highest BCUT2D eigenvalue weighted by Crippen LogP contribution is 2.38. The summed E-state index contributed by atoms with van der Waals surface area (Å²) in [7, 11) is 4.99. The molecular weight excluding hydrogens is 649 g/mol. The molecule has 0 saturated carbocycles. The highest BCUT2D eigenvalue weighted by atomic mass is 16.5. The fourth-order valence-corrected chi connectivity index (χ4v) is 6.79. The molecule has 52 heavy (non-hydrogen) atoms. The molecule has 3 aromatic carbocycles. The zero-order valence-electron chi connectivity index (χ0n) is 28.8. The third kappa shape index (κ3) is 5.96. The number of allylic oxidation sites excluding steroid dienone is 1. The van der Waals surface area contributed by atoms with Crippen LogP contribution in [0.25, 0.3) is 85.8 Å². The van der Waals surface area contributed by atoms with Gasteiger partial charge in [0.2, 0.25) is 0 Å². The highest BCUT2D eigenvalue weighted by Gasteiger charge is 2.18. The minimum absolute atomic E-state index is 0.709. The molecule has 0 aliphatic carbocycles. The van der Waals surface area contributed by atoms with Crippen LogP contribution in [0.1, 0.15) is 28.3 Å². The van der Waals surface area contributed by atoms with Crippen LogP contribution in [-0.2, 0) is 4.79 Å². The van der Waals surface area contributed by atoms with Crippen LogP contribution in [0.2, 0.25) is 0 Å². The number of benzene rings is 3. The quantitative estimate of drug-likeness (QED) is 0.122. The highest BCUT2D eigenvalue weighted by molar-refractivity contribution is 5.99. The molecule has 0 spiro atoms. The summed E-state index contributed by atoms with van der Waals surface area (Å²) in [6.07, 6.45) is 12.1. The van der Waals surface area contributed by atoms with E-state index in [-0.39, 0.29) is 0 Å². The van der Waals surface area contributed by atoms with E-state index in [1.807, 2.05) is 97.1 Å². The minimum atomic E-state index is 0.709. The van der Waals surface area contributed by atoms with Gasteiger partial charge in [0, 0.05) is 44.3 Å². The van der Waals surface area contributed by atoms with Gasteiger partial charge in [-0.3, -0.25) is 4.79 Å². The number of aldehydes is 1. The summed E-state index contributed by atoms with van der Waals surface area (Å²) in [5.41, 5.74) is 12.7. The molecule has 2 aliphatic rings. The van der Waals surface area contributed by atoms with Crippen molar-refractivity contribution in [3.63, 3.8) is 0 Å². The number of carbonyl (C=O) groups excluding carboxylic acids is 1. The van der Waals surface area contributed by atoms with E-state index in [4.69, 9.17) is 24.2 Å². The number of aromatic nitrogens is 4. The average Bonchev–Trinajstić information content (AvgIpc) is 4.03. The predicted molar refractivity (Wildman–Crippen MR) is 210 cm³/mol. The van der Waals surface area contributed by atoms with E-state index in [9.17, 15) is 4.79 Å². The van der Waals surface area contributed by atoms with Gasteiger partial charge >= 0.3 is 0 Å². The SMILES string of the molecule is COc1cccc(-c2c3nc(c(-c4cccc(OC)c4)c4ccc([nH]4)c(-c4cccc(OC)c4)c4nc(c(/C=C/C=O)c5ccc2[nH]5)C=C4)C=C3)c1. The number of nitrogens with one attached hydrogen (secondary N) is 2. The maximum atomic E-state index is 11.6. The third-order valence-corrected chi connectivity index (χ3v) is 9.21. The first kappa shape index (κ1) is 32.3. The van der Waals surface area contributed by atoms with Crippen LogP contribution in [0.5, 0.6) is 17.2 Å². The average molecular weight is 683 g/mol. The largest absolute Gasteiger partial charge is 0.497 e. The second kappa shape index (κ2) is 13.8. The summed E-state index contributed by atoms with van der Waals surface area (Å²) in [6.45, 7) is 0. The van der Waals surface area contributed by atoms with Crippen molar-refractivity contribution in [2.24, 2.45) is 0 Å². The summed E-state index contributed by atoms with van der Waals surface area (Å²) in [5.74, 6) is 2.21. The first-order valence-corrected chi connectivity index (χ1v) is 16.8. The van der Waals surface area contributed by atoms with E-state index < -0.39 is 0 Å². The fraction of sp³-hybridized carbons (Fsp3) is 0.0682. The molecule has 8 bridgehead atoms. The molecule has 6 aromatic rings. The van der Waals surface area contributed by atoms with Crippen molar-refractivity contribution in [1.29, 1.82) is 0 Å². The summed E-state index contributed by atoms with van der Waals surface area (Å²) in [6, 6.07) is 32.1. The number of hydrogen-bond acceptors (Lipinski definition) is 6. The van der Waals surface area contributed by atoms with E-state index in [0.29, 0.717) is 5.69 Å². The standard InChI is InChI=1S/C44H34N4O4/c1-50-30-11-4-8-27(24-30)42-36-17-15-34(45-36)33(14-7-23-49)35-16-18-37(46-35)43(28-9-5-12-31(25-28)51-2)39-20-22-41(48-39)44(40-21-19-38(42)47-40)29-10-6-13-32(26-29)52-3/h4-26,45,48H,1-3H3/b14-7+,34-33?,35-33?,42-36?,42-38?,43-37?,43-39?,44-40?,44-41?. The van der Waals surface area contributed by atoms with Crippen LogP contribution in [0, 0.1) is 0 Å². The van der Waals surface area contributed by atoms with Gasteiger partial charge in [-0.05, 0) is 114 Å². The Bertz CT molecular complexity index is 2580. The Morgan fingerprint density at radius 2 is 0.885 bits per heavy atom. The first-order chi connectivity index (χ1) is 25.6. The number of H-pyrrole nitrogens is 2. The topological polar surface area (TPSA) is 102 Å². The van der Waals surface area contributed by atoms with Crippen molar-refractivity contribution in [3.05, 3.63) is 131 Å². The van der Waals surface area contributed by atoms with Gasteiger partial charge in [0.15, 0.2) is 0 Å². The molecule has 8 heteroatoms. The van der Waals surface area contributed by atoms with Gasteiger partial charge in [0.05, 0.1) is 44.1 Å². The molecule has 5 heterocycles. The van der Waals surface area contributed by atoms with E-state index >= 15 is 0 Å². The molecule has 0 unspecified atom stereocenters. The van der Waals surface area contributed by atoms with Crippen molar-refractivity contribution in [2.75, 3.05) is 21.3 Å². The third-order valence-electron chi connectivity index (χ3n) is 9.21. The molecule has 0 radical (unpaired) electrons. The molecule has 254 valence electrons. The molecule has 8 rings (SSSR count). The fourth-order valence-electron chi connectivity index (χ4n) is 6.79. The van der Waals surface area contributed by atoms with Crippen LogP contribution in [-0.4, -0.2) is 47.6 Å². The number of hydrogen-bond donors (Lipinski definition) is 2. The molecule has 0 fully saturated rings. The number of fused-ring (bicyclic) bond motifs is 8. The lowest BCUT2D eigenvalue weighted by atomic mass is 10.0. The minimum Gasteiger partial charge on any atom is -0.497 e. The number of nitrogens with zero attached hydrogens (tertiary/aromatic N) is 2. The Morgan fingerprint density at radius 3 is 1.31 bits per heavy atom. The van der Waals surface area contributed by atoms with E-state index in [2.05, 4.69) is 34.2 Å². The molecule has 8 nitrogen and oxygen atoms in total.